The third-order valence-corrected chi connectivity index (χ3v) is 4.09. The molecule has 0 radical (unpaired) electrons. The molecule has 2 rings (SSSR count). The van der Waals surface area contributed by atoms with Crippen LogP contribution in [-0.4, -0.2) is 35.5 Å². The summed E-state index contributed by atoms with van der Waals surface area (Å²) in [6.45, 7) is 0.537. The zero-order chi connectivity index (χ0) is 14.0. The molecule has 5 heteroatoms. The number of carbonyl (C=O) groups excluding carboxylic acids is 1. The summed E-state index contributed by atoms with van der Waals surface area (Å²) in [6.07, 6.45) is 1.65. The number of halogens is 1. The standard InChI is InChI=1S/C14H16BrNO3/c1-16(12(17)14(7-8-14)13(18)19)9-6-10-2-4-11(15)5-3-10/h2-5H,6-9H2,1H3,(H,18,19). The molecule has 1 fully saturated rings. The Hall–Kier alpha value is -1.36. The van der Waals surface area contributed by atoms with E-state index in [1.165, 1.54) is 4.90 Å². The first-order chi connectivity index (χ1) is 8.95. The van der Waals surface area contributed by atoms with E-state index in [9.17, 15) is 9.59 Å². The van der Waals surface area contributed by atoms with E-state index in [0.717, 1.165) is 16.5 Å². The maximum atomic E-state index is 12.1. The Bertz CT molecular complexity index is 494. The van der Waals surface area contributed by atoms with Crippen LogP contribution in [0.15, 0.2) is 28.7 Å². The maximum Gasteiger partial charge on any atom is 0.319 e. The van der Waals surface area contributed by atoms with E-state index in [1.807, 2.05) is 24.3 Å². The molecule has 102 valence electrons. The Morgan fingerprint density at radius 2 is 1.89 bits per heavy atom. The van der Waals surface area contributed by atoms with E-state index in [4.69, 9.17) is 5.11 Å². The molecule has 0 unspecified atom stereocenters. The quantitative estimate of drug-likeness (QED) is 0.845. The van der Waals surface area contributed by atoms with E-state index in [1.54, 1.807) is 7.05 Å². The van der Waals surface area contributed by atoms with Crippen molar-refractivity contribution < 1.29 is 14.7 Å². The number of benzene rings is 1. The van der Waals surface area contributed by atoms with E-state index in [0.29, 0.717) is 19.4 Å². The molecule has 0 aromatic heterocycles. The lowest BCUT2D eigenvalue weighted by Gasteiger charge is -2.21. The topological polar surface area (TPSA) is 57.6 Å². The van der Waals surface area contributed by atoms with Crippen LogP contribution in [0.25, 0.3) is 0 Å². The lowest BCUT2D eigenvalue weighted by Crippen LogP contribution is -2.39. The Labute approximate surface area is 120 Å². The Kier molecular flexibility index (Phi) is 3.94. The molecular weight excluding hydrogens is 310 g/mol. The molecule has 1 amide bonds. The van der Waals surface area contributed by atoms with E-state index in [-0.39, 0.29) is 5.91 Å². The first-order valence-corrected chi connectivity index (χ1v) is 6.98. The van der Waals surface area contributed by atoms with Gasteiger partial charge in [0.1, 0.15) is 5.41 Å². The monoisotopic (exact) mass is 325 g/mol. The molecule has 1 saturated carbocycles. The van der Waals surface area contributed by atoms with Crippen molar-refractivity contribution in [3.63, 3.8) is 0 Å². The lowest BCUT2D eigenvalue weighted by atomic mass is 10.1. The molecule has 0 heterocycles. The number of nitrogens with zero attached hydrogens (tertiary/aromatic N) is 1. The molecule has 4 nitrogen and oxygen atoms in total. The molecule has 1 aromatic carbocycles. The van der Waals surface area contributed by atoms with Gasteiger partial charge in [0.25, 0.3) is 0 Å². The molecule has 1 aliphatic carbocycles. The van der Waals surface area contributed by atoms with Gasteiger partial charge in [0.05, 0.1) is 0 Å². The molecule has 0 saturated heterocycles. The van der Waals surface area contributed by atoms with Gasteiger partial charge in [-0.25, -0.2) is 0 Å². The van der Waals surface area contributed by atoms with Crippen LogP contribution >= 0.6 is 15.9 Å². The third kappa shape index (κ3) is 2.97. The fourth-order valence-corrected chi connectivity index (χ4v) is 2.32. The average molecular weight is 326 g/mol. The normalized spacial score (nSPS) is 15.9. The number of carbonyl (C=O) groups is 2. The number of rotatable bonds is 5. The minimum absolute atomic E-state index is 0.267. The number of likely N-dealkylation sites (N-methyl/N-ethyl adjacent to an activating group) is 1. The van der Waals surface area contributed by atoms with Gasteiger partial charge in [-0.05, 0) is 37.0 Å². The molecule has 0 bridgehead atoms. The minimum Gasteiger partial charge on any atom is -0.480 e. The van der Waals surface area contributed by atoms with Crippen molar-refractivity contribution in [1.29, 1.82) is 0 Å². The largest absolute Gasteiger partial charge is 0.480 e. The van der Waals surface area contributed by atoms with Crippen molar-refractivity contribution in [2.45, 2.75) is 19.3 Å². The number of hydrogen-bond acceptors (Lipinski definition) is 2. The summed E-state index contributed by atoms with van der Waals surface area (Å²) >= 11 is 3.37. The second-order valence-electron chi connectivity index (χ2n) is 4.99. The van der Waals surface area contributed by atoms with Gasteiger partial charge in [0.2, 0.25) is 5.91 Å². The second kappa shape index (κ2) is 5.33. The van der Waals surface area contributed by atoms with Gasteiger partial charge in [-0.3, -0.25) is 9.59 Å². The van der Waals surface area contributed by atoms with Crippen LogP contribution in [-0.2, 0) is 16.0 Å². The fourth-order valence-electron chi connectivity index (χ4n) is 2.06. The Morgan fingerprint density at radius 3 is 2.37 bits per heavy atom. The van der Waals surface area contributed by atoms with Crippen molar-refractivity contribution in [3.8, 4) is 0 Å². The molecule has 1 N–H and O–H groups in total. The summed E-state index contributed by atoms with van der Waals surface area (Å²) in [6, 6.07) is 7.90. The first kappa shape index (κ1) is 14.1. The summed E-state index contributed by atoms with van der Waals surface area (Å²) in [5.41, 5.74) is -0.00269. The molecule has 1 aromatic rings. The number of hydrogen-bond donors (Lipinski definition) is 1. The van der Waals surface area contributed by atoms with Crippen LogP contribution in [0.3, 0.4) is 0 Å². The van der Waals surface area contributed by atoms with Gasteiger partial charge < -0.3 is 10.0 Å². The predicted molar refractivity (Wildman–Crippen MR) is 74.8 cm³/mol. The van der Waals surface area contributed by atoms with Gasteiger partial charge in [-0.1, -0.05) is 28.1 Å². The number of carboxylic acids is 1. The Balaban J connectivity index is 1.91. The van der Waals surface area contributed by atoms with Gasteiger partial charge >= 0.3 is 5.97 Å². The zero-order valence-electron chi connectivity index (χ0n) is 10.7. The van der Waals surface area contributed by atoms with Gasteiger partial charge in [0.15, 0.2) is 0 Å². The van der Waals surface area contributed by atoms with Gasteiger partial charge in [0, 0.05) is 18.1 Å². The smallest absolute Gasteiger partial charge is 0.319 e. The molecule has 0 atom stereocenters. The predicted octanol–water partition coefficient (Wildman–Crippen LogP) is 2.31. The van der Waals surface area contributed by atoms with E-state index >= 15 is 0 Å². The van der Waals surface area contributed by atoms with Crippen molar-refractivity contribution in [1.82, 2.24) is 4.90 Å². The summed E-state index contributed by atoms with van der Waals surface area (Å²) in [7, 11) is 1.67. The number of amides is 1. The SMILES string of the molecule is CN(CCc1ccc(Br)cc1)C(=O)C1(C(=O)O)CC1. The van der Waals surface area contributed by atoms with Crippen LogP contribution < -0.4 is 0 Å². The summed E-state index contributed by atoms with van der Waals surface area (Å²) in [4.78, 5) is 24.7. The molecule has 0 spiro atoms. The third-order valence-electron chi connectivity index (χ3n) is 3.56. The van der Waals surface area contributed by atoms with Crippen molar-refractivity contribution in [3.05, 3.63) is 34.3 Å². The zero-order valence-corrected chi connectivity index (χ0v) is 12.3. The van der Waals surface area contributed by atoms with Crippen molar-refractivity contribution >= 4 is 27.8 Å². The van der Waals surface area contributed by atoms with Crippen LogP contribution in [0.1, 0.15) is 18.4 Å². The van der Waals surface area contributed by atoms with Crippen LogP contribution in [0.4, 0.5) is 0 Å². The highest BCUT2D eigenvalue weighted by Gasteiger charge is 2.58. The van der Waals surface area contributed by atoms with Crippen LogP contribution in [0.2, 0.25) is 0 Å². The van der Waals surface area contributed by atoms with Crippen LogP contribution in [0.5, 0.6) is 0 Å². The number of carboxylic acid groups (broad SMARTS) is 1. The maximum absolute atomic E-state index is 12.1. The fraction of sp³-hybridized carbons (Fsp3) is 0.429. The lowest BCUT2D eigenvalue weighted by molar-refractivity contribution is -0.152. The highest BCUT2D eigenvalue weighted by molar-refractivity contribution is 9.10. The molecular formula is C14H16BrNO3. The van der Waals surface area contributed by atoms with Crippen molar-refractivity contribution in [2.24, 2.45) is 5.41 Å². The van der Waals surface area contributed by atoms with E-state index in [2.05, 4.69) is 15.9 Å². The number of aliphatic carboxylic acids is 1. The highest BCUT2D eigenvalue weighted by Crippen LogP contribution is 2.47. The minimum atomic E-state index is -1.13. The van der Waals surface area contributed by atoms with E-state index < -0.39 is 11.4 Å². The summed E-state index contributed by atoms with van der Waals surface area (Å²) in [5.74, 6) is -1.26. The van der Waals surface area contributed by atoms with Gasteiger partial charge in [-0.2, -0.15) is 0 Å². The average Bonchev–Trinajstić information content (AvgIpc) is 3.18. The summed E-state index contributed by atoms with van der Waals surface area (Å²) in [5, 5.41) is 9.09. The molecule has 0 aliphatic heterocycles. The van der Waals surface area contributed by atoms with Gasteiger partial charge in [-0.15, -0.1) is 0 Å². The first-order valence-electron chi connectivity index (χ1n) is 6.19. The second-order valence-corrected chi connectivity index (χ2v) is 5.91. The highest BCUT2D eigenvalue weighted by atomic mass is 79.9. The Morgan fingerprint density at radius 1 is 1.32 bits per heavy atom. The summed E-state index contributed by atoms with van der Waals surface area (Å²) < 4.78 is 1.02. The molecule has 19 heavy (non-hydrogen) atoms. The van der Waals surface area contributed by atoms with Crippen molar-refractivity contribution in [2.75, 3.05) is 13.6 Å². The van der Waals surface area contributed by atoms with Crippen LogP contribution in [0, 0.1) is 5.41 Å². The molecule has 1 aliphatic rings.